The van der Waals surface area contributed by atoms with Crippen molar-refractivity contribution in [1.29, 1.82) is 0 Å². The van der Waals surface area contributed by atoms with Crippen LogP contribution in [0.4, 0.5) is 0 Å². The summed E-state index contributed by atoms with van der Waals surface area (Å²) in [5, 5.41) is 8.88. The monoisotopic (exact) mass is 313 g/mol. The molecule has 1 aliphatic carbocycles. The Morgan fingerprint density at radius 2 is 2.22 bits per heavy atom. The highest BCUT2D eigenvalue weighted by Gasteiger charge is 2.32. The Morgan fingerprint density at radius 3 is 2.96 bits per heavy atom. The van der Waals surface area contributed by atoms with E-state index in [9.17, 15) is 0 Å². The number of hydrogen-bond donors (Lipinski definition) is 0. The van der Waals surface area contributed by atoms with Gasteiger partial charge in [0, 0.05) is 45.4 Å². The van der Waals surface area contributed by atoms with Crippen LogP contribution in [0.2, 0.25) is 0 Å². The topological polar surface area (TPSA) is 56.1 Å². The van der Waals surface area contributed by atoms with Crippen LogP contribution in [0.1, 0.15) is 35.8 Å². The smallest absolute Gasteiger partial charge is 0.100 e. The first-order chi connectivity index (χ1) is 11.3. The fraction of sp³-hybridized carbons (Fsp3) is 0.588. The van der Waals surface area contributed by atoms with Crippen LogP contribution in [0.15, 0.2) is 24.4 Å². The normalized spacial score (nSPS) is 21.3. The molecule has 0 bridgehead atoms. The molecular weight excluding hydrogens is 290 g/mol. The van der Waals surface area contributed by atoms with Gasteiger partial charge in [0.15, 0.2) is 0 Å². The lowest BCUT2D eigenvalue weighted by Gasteiger charge is -2.32. The molecule has 6 nitrogen and oxygen atoms in total. The molecule has 2 aromatic rings. The molecule has 0 N–H and O–H groups in total. The summed E-state index contributed by atoms with van der Waals surface area (Å²) in [7, 11) is 1.77. The number of aromatic nitrogens is 4. The Morgan fingerprint density at radius 1 is 1.30 bits per heavy atom. The van der Waals surface area contributed by atoms with Crippen molar-refractivity contribution in [3.05, 3.63) is 41.5 Å². The molecule has 1 saturated carbocycles. The lowest BCUT2D eigenvalue weighted by atomic mass is 9.98. The molecule has 0 saturated heterocycles. The third-order valence-corrected chi connectivity index (χ3v) is 4.69. The van der Waals surface area contributed by atoms with Crippen molar-refractivity contribution in [1.82, 2.24) is 24.9 Å². The summed E-state index contributed by atoms with van der Waals surface area (Å²) < 4.78 is 7.60. The fourth-order valence-electron chi connectivity index (χ4n) is 3.44. The first-order valence-electron chi connectivity index (χ1n) is 8.37. The molecule has 0 aromatic carbocycles. The molecule has 4 rings (SSSR count). The van der Waals surface area contributed by atoms with Crippen molar-refractivity contribution in [2.45, 2.75) is 38.4 Å². The van der Waals surface area contributed by atoms with Gasteiger partial charge in [-0.1, -0.05) is 11.3 Å². The van der Waals surface area contributed by atoms with E-state index in [2.05, 4.69) is 30.9 Å². The van der Waals surface area contributed by atoms with Crippen LogP contribution in [-0.4, -0.2) is 45.1 Å². The summed E-state index contributed by atoms with van der Waals surface area (Å²) in [6, 6.07) is 6.07. The van der Waals surface area contributed by atoms with Crippen molar-refractivity contribution in [2.75, 3.05) is 20.3 Å². The molecule has 3 heterocycles. The Bertz CT molecular complexity index is 652. The minimum absolute atomic E-state index is 0.334. The number of hydrogen-bond acceptors (Lipinski definition) is 5. The van der Waals surface area contributed by atoms with Gasteiger partial charge in [-0.2, -0.15) is 0 Å². The van der Waals surface area contributed by atoms with Crippen molar-refractivity contribution < 1.29 is 4.74 Å². The molecule has 1 fully saturated rings. The number of ether oxygens (including phenoxy) is 1. The quantitative estimate of drug-likeness (QED) is 0.814. The summed E-state index contributed by atoms with van der Waals surface area (Å²) >= 11 is 0. The van der Waals surface area contributed by atoms with Gasteiger partial charge in [0.25, 0.3) is 0 Å². The van der Waals surface area contributed by atoms with Gasteiger partial charge in [0.05, 0.1) is 18.0 Å². The van der Waals surface area contributed by atoms with E-state index in [1.807, 2.05) is 18.3 Å². The molecular formula is C17H23N5O. The molecule has 2 aromatic heterocycles. The van der Waals surface area contributed by atoms with Crippen LogP contribution in [-0.2, 0) is 24.4 Å². The van der Waals surface area contributed by atoms with Crippen LogP contribution in [0.5, 0.6) is 0 Å². The molecule has 0 spiro atoms. The molecule has 122 valence electrons. The molecule has 0 amide bonds. The number of pyridine rings is 1. The van der Waals surface area contributed by atoms with E-state index in [-0.39, 0.29) is 0 Å². The van der Waals surface area contributed by atoms with Crippen LogP contribution >= 0.6 is 0 Å². The average Bonchev–Trinajstić information content (AvgIpc) is 3.28. The SMILES string of the molecule is COCC1CN(Cc2ccccn2)Cc2nnn(CC3CC3)c21. The van der Waals surface area contributed by atoms with Crippen molar-refractivity contribution in [3.63, 3.8) is 0 Å². The van der Waals surface area contributed by atoms with Gasteiger partial charge in [-0.3, -0.25) is 9.88 Å². The van der Waals surface area contributed by atoms with Gasteiger partial charge < -0.3 is 4.74 Å². The third kappa shape index (κ3) is 3.28. The molecule has 1 unspecified atom stereocenters. The first-order valence-corrected chi connectivity index (χ1v) is 8.37. The largest absolute Gasteiger partial charge is 0.384 e. The summed E-state index contributed by atoms with van der Waals surface area (Å²) in [4.78, 5) is 6.83. The van der Waals surface area contributed by atoms with Gasteiger partial charge in [-0.15, -0.1) is 5.10 Å². The molecule has 0 radical (unpaired) electrons. The van der Waals surface area contributed by atoms with Crippen LogP contribution in [0.3, 0.4) is 0 Å². The lowest BCUT2D eigenvalue weighted by Crippen LogP contribution is -2.36. The summed E-state index contributed by atoms with van der Waals surface area (Å²) in [6.07, 6.45) is 4.51. The highest BCUT2D eigenvalue weighted by molar-refractivity contribution is 5.20. The zero-order valence-corrected chi connectivity index (χ0v) is 13.6. The number of methoxy groups -OCH3 is 1. The fourth-order valence-corrected chi connectivity index (χ4v) is 3.44. The minimum atomic E-state index is 0.334. The van der Waals surface area contributed by atoms with Gasteiger partial charge in [-0.05, 0) is 30.9 Å². The van der Waals surface area contributed by atoms with E-state index in [1.165, 1.54) is 18.5 Å². The Labute approximate surface area is 136 Å². The zero-order chi connectivity index (χ0) is 15.6. The second-order valence-electron chi connectivity index (χ2n) is 6.69. The first kappa shape index (κ1) is 14.8. The van der Waals surface area contributed by atoms with Gasteiger partial charge in [0.1, 0.15) is 5.69 Å². The maximum Gasteiger partial charge on any atom is 0.100 e. The third-order valence-electron chi connectivity index (χ3n) is 4.69. The highest BCUT2D eigenvalue weighted by atomic mass is 16.5. The highest BCUT2D eigenvalue weighted by Crippen LogP contribution is 2.34. The van der Waals surface area contributed by atoms with E-state index in [4.69, 9.17) is 4.74 Å². The number of nitrogens with zero attached hydrogens (tertiary/aromatic N) is 5. The minimum Gasteiger partial charge on any atom is -0.384 e. The van der Waals surface area contributed by atoms with Gasteiger partial charge in [0.2, 0.25) is 0 Å². The number of rotatable bonds is 6. The Balaban J connectivity index is 1.54. The molecule has 2 aliphatic rings. The van der Waals surface area contributed by atoms with Crippen molar-refractivity contribution >= 4 is 0 Å². The van der Waals surface area contributed by atoms with Crippen LogP contribution in [0, 0.1) is 5.92 Å². The molecule has 1 aliphatic heterocycles. The summed E-state index contributed by atoms with van der Waals surface area (Å²) in [5.41, 5.74) is 3.49. The van der Waals surface area contributed by atoms with E-state index in [0.29, 0.717) is 12.5 Å². The summed E-state index contributed by atoms with van der Waals surface area (Å²) in [5.74, 6) is 1.14. The van der Waals surface area contributed by atoms with Gasteiger partial charge in [-0.25, -0.2) is 4.68 Å². The lowest BCUT2D eigenvalue weighted by molar-refractivity contribution is 0.130. The molecule has 1 atom stereocenters. The van der Waals surface area contributed by atoms with Crippen LogP contribution < -0.4 is 0 Å². The predicted octanol–water partition coefficient (Wildman–Crippen LogP) is 1.83. The zero-order valence-electron chi connectivity index (χ0n) is 13.6. The van der Waals surface area contributed by atoms with E-state index in [1.54, 1.807) is 7.11 Å². The summed E-state index contributed by atoms with van der Waals surface area (Å²) in [6.45, 7) is 4.38. The standard InChI is InChI=1S/C17H23N5O/c1-23-12-14-9-21(10-15-4-2-3-7-18-15)11-16-17(14)22(20-19-16)8-13-5-6-13/h2-4,7,13-14H,5-6,8-12H2,1H3. The average molecular weight is 313 g/mol. The van der Waals surface area contributed by atoms with Crippen molar-refractivity contribution in [2.24, 2.45) is 5.92 Å². The van der Waals surface area contributed by atoms with Crippen molar-refractivity contribution in [3.8, 4) is 0 Å². The van der Waals surface area contributed by atoms with E-state index in [0.717, 1.165) is 43.5 Å². The maximum atomic E-state index is 5.47. The Hall–Kier alpha value is -1.79. The number of fused-ring (bicyclic) bond motifs is 1. The maximum absolute atomic E-state index is 5.47. The van der Waals surface area contributed by atoms with Gasteiger partial charge >= 0.3 is 0 Å². The predicted molar refractivity (Wildman–Crippen MR) is 85.7 cm³/mol. The van der Waals surface area contributed by atoms with E-state index < -0.39 is 0 Å². The molecule has 23 heavy (non-hydrogen) atoms. The van der Waals surface area contributed by atoms with Crippen LogP contribution in [0.25, 0.3) is 0 Å². The second kappa shape index (κ2) is 6.37. The molecule has 6 heteroatoms. The Kier molecular flexibility index (Phi) is 4.10. The second-order valence-corrected chi connectivity index (χ2v) is 6.69. The van der Waals surface area contributed by atoms with E-state index >= 15 is 0 Å².